The van der Waals surface area contributed by atoms with E-state index in [4.69, 9.17) is 11.6 Å². The molecule has 92 valence electrons. The van der Waals surface area contributed by atoms with Gasteiger partial charge in [0.05, 0.1) is 4.88 Å². The van der Waals surface area contributed by atoms with E-state index in [2.05, 4.69) is 10.1 Å². The molecule has 0 aromatic carbocycles. The molecule has 0 aliphatic carbocycles. The van der Waals surface area contributed by atoms with E-state index < -0.39 is 6.43 Å². The molecule has 7 heteroatoms. The topological polar surface area (TPSA) is 30.2 Å². The minimum absolute atomic E-state index is 0.123. The Kier molecular flexibility index (Phi) is 2.76. The maximum absolute atomic E-state index is 12.6. The van der Waals surface area contributed by atoms with Crippen molar-refractivity contribution >= 4 is 28.6 Å². The second kappa shape index (κ2) is 4.29. The number of halogens is 3. The summed E-state index contributed by atoms with van der Waals surface area (Å²) in [5.41, 5.74) is 0.650. The predicted molar refractivity (Wildman–Crippen MR) is 66.3 cm³/mol. The summed E-state index contributed by atoms with van der Waals surface area (Å²) in [4.78, 5) is 4.78. The molecule has 3 aromatic heterocycles. The highest BCUT2D eigenvalue weighted by molar-refractivity contribution is 7.13. The fourth-order valence-corrected chi connectivity index (χ4v) is 2.53. The number of fused-ring (bicyclic) bond motifs is 1. The van der Waals surface area contributed by atoms with Crippen molar-refractivity contribution in [2.24, 2.45) is 0 Å². The minimum atomic E-state index is -2.65. The zero-order valence-corrected chi connectivity index (χ0v) is 10.4. The molecule has 0 saturated heterocycles. The normalized spacial score (nSPS) is 11.6. The second-order valence-corrected chi connectivity index (χ2v) is 4.92. The molecule has 0 fully saturated rings. The Morgan fingerprint density at radius 3 is 2.83 bits per heavy atom. The van der Waals surface area contributed by atoms with Crippen molar-refractivity contribution in [2.45, 2.75) is 6.43 Å². The van der Waals surface area contributed by atoms with Crippen LogP contribution in [0.1, 0.15) is 12.1 Å². The maximum atomic E-state index is 12.6. The van der Waals surface area contributed by atoms with Gasteiger partial charge in [-0.25, -0.2) is 18.3 Å². The van der Waals surface area contributed by atoms with Crippen molar-refractivity contribution in [3.05, 3.63) is 40.5 Å². The van der Waals surface area contributed by atoms with Gasteiger partial charge in [0, 0.05) is 12.1 Å². The lowest BCUT2D eigenvalue weighted by Crippen LogP contribution is -1.97. The van der Waals surface area contributed by atoms with Crippen molar-refractivity contribution in [3.63, 3.8) is 0 Å². The van der Waals surface area contributed by atoms with Crippen LogP contribution >= 0.6 is 22.9 Å². The smallest absolute Gasteiger partial charge is 0.227 e. The molecule has 0 radical (unpaired) electrons. The molecule has 18 heavy (non-hydrogen) atoms. The number of aromatic nitrogens is 3. The summed E-state index contributed by atoms with van der Waals surface area (Å²) < 4.78 is 26.6. The number of nitrogens with zero attached hydrogens (tertiary/aromatic N) is 3. The summed E-state index contributed by atoms with van der Waals surface area (Å²) in [6.45, 7) is 0. The standard InChI is InChI=1S/C11H6ClF2N3S/c12-9-4-7(11(13)14)15-10-5-6(16-17(9)10)8-2-1-3-18-8/h1-5,11H. The molecule has 3 heterocycles. The molecule has 0 saturated carbocycles. The molecule has 0 spiro atoms. The van der Waals surface area contributed by atoms with Gasteiger partial charge < -0.3 is 0 Å². The Labute approximate surface area is 110 Å². The lowest BCUT2D eigenvalue weighted by molar-refractivity contribution is 0.146. The first-order valence-corrected chi connectivity index (χ1v) is 6.29. The van der Waals surface area contributed by atoms with E-state index >= 15 is 0 Å². The Bertz CT molecular complexity index is 694. The largest absolute Gasteiger partial charge is 0.280 e. The van der Waals surface area contributed by atoms with Crippen LogP contribution in [0.3, 0.4) is 0 Å². The van der Waals surface area contributed by atoms with Gasteiger partial charge in [-0.05, 0) is 11.4 Å². The lowest BCUT2D eigenvalue weighted by Gasteiger charge is -2.01. The molecule has 0 aliphatic heterocycles. The van der Waals surface area contributed by atoms with Crippen LogP contribution in [0.25, 0.3) is 16.2 Å². The van der Waals surface area contributed by atoms with Gasteiger partial charge in [0.25, 0.3) is 6.43 Å². The van der Waals surface area contributed by atoms with Crippen molar-refractivity contribution in [3.8, 4) is 10.6 Å². The summed E-state index contributed by atoms with van der Waals surface area (Å²) in [5, 5.41) is 6.28. The summed E-state index contributed by atoms with van der Waals surface area (Å²) in [6, 6.07) is 6.56. The Balaban J connectivity index is 2.20. The van der Waals surface area contributed by atoms with Crippen LogP contribution in [0.15, 0.2) is 29.6 Å². The average Bonchev–Trinajstić information content (AvgIpc) is 2.96. The van der Waals surface area contributed by atoms with E-state index in [9.17, 15) is 8.78 Å². The zero-order valence-electron chi connectivity index (χ0n) is 8.85. The lowest BCUT2D eigenvalue weighted by atomic mass is 10.3. The summed E-state index contributed by atoms with van der Waals surface area (Å²) in [7, 11) is 0. The highest BCUT2D eigenvalue weighted by atomic mass is 35.5. The van der Waals surface area contributed by atoms with Gasteiger partial charge in [0.15, 0.2) is 5.65 Å². The fraction of sp³-hybridized carbons (Fsp3) is 0.0909. The average molecular weight is 286 g/mol. The first-order valence-electron chi connectivity index (χ1n) is 5.03. The Morgan fingerprint density at radius 2 is 2.17 bits per heavy atom. The molecule has 3 aromatic rings. The molecule has 0 unspecified atom stereocenters. The van der Waals surface area contributed by atoms with Crippen molar-refractivity contribution in [1.29, 1.82) is 0 Å². The number of hydrogen-bond donors (Lipinski definition) is 0. The molecule has 3 nitrogen and oxygen atoms in total. The molecule has 0 aliphatic rings. The maximum Gasteiger partial charge on any atom is 0.280 e. The summed E-state index contributed by atoms with van der Waals surface area (Å²) in [5.74, 6) is 0. The van der Waals surface area contributed by atoms with E-state index in [1.807, 2.05) is 17.5 Å². The summed E-state index contributed by atoms with van der Waals surface area (Å²) in [6.07, 6.45) is -2.65. The molecule has 3 rings (SSSR count). The monoisotopic (exact) mass is 285 g/mol. The van der Waals surface area contributed by atoms with E-state index in [0.717, 1.165) is 10.9 Å². The molecule has 0 amide bonds. The highest BCUT2D eigenvalue weighted by Gasteiger charge is 2.15. The van der Waals surface area contributed by atoms with Gasteiger partial charge >= 0.3 is 0 Å². The first-order chi connectivity index (χ1) is 8.65. The first kappa shape index (κ1) is 11.6. The SMILES string of the molecule is FC(F)c1cc(Cl)n2nc(-c3cccs3)cc2n1. The van der Waals surface area contributed by atoms with Crippen LogP contribution in [0.5, 0.6) is 0 Å². The third-order valence-electron chi connectivity index (χ3n) is 2.40. The zero-order chi connectivity index (χ0) is 12.7. The quantitative estimate of drug-likeness (QED) is 0.665. The van der Waals surface area contributed by atoms with E-state index in [1.165, 1.54) is 15.9 Å². The van der Waals surface area contributed by atoms with Crippen molar-refractivity contribution in [1.82, 2.24) is 14.6 Å². The third kappa shape index (κ3) is 1.87. The highest BCUT2D eigenvalue weighted by Crippen LogP contribution is 2.27. The van der Waals surface area contributed by atoms with Crippen LogP contribution < -0.4 is 0 Å². The van der Waals surface area contributed by atoms with E-state index in [1.54, 1.807) is 6.07 Å². The number of alkyl halides is 2. The van der Waals surface area contributed by atoms with Crippen LogP contribution in [0, 0.1) is 0 Å². The Morgan fingerprint density at radius 1 is 1.33 bits per heavy atom. The van der Waals surface area contributed by atoms with E-state index in [0.29, 0.717) is 11.3 Å². The van der Waals surface area contributed by atoms with Crippen molar-refractivity contribution < 1.29 is 8.78 Å². The van der Waals surface area contributed by atoms with Crippen LogP contribution in [0.2, 0.25) is 5.15 Å². The predicted octanol–water partition coefficient (Wildman–Crippen LogP) is 4.05. The van der Waals surface area contributed by atoms with Gasteiger partial charge in [-0.2, -0.15) is 5.10 Å². The molecular weight excluding hydrogens is 280 g/mol. The van der Waals surface area contributed by atoms with Crippen LogP contribution in [-0.4, -0.2) is 14.6 Å². The second-order valence-electron chi connectivity index (χ2n) is 3.58. The number of thiophene rings is 1. The molecular formula is C11H6ClF2N3S. The van der Waals surface area contributed by atoms with E-state index in [-0.39, 0.29) is 10.8 Å². The van der Waals surface area contributed by atoms with Crippen LogP contribution in [0.4, 0.5) is 8.78 Å². The van der Waals surface area contributed by atoms with Gasteiger partial charge in [0.1, 0.15) is 16.5 Å². The van der Waals surface area contributed by atoms with Gasteiger partial charge in [-0.1, -0.05) is 17.7 Å². The summed E-state index contributed by atoms with van der Waals surface area (Å²) >= 11 is 7.42. The van der Waals surface area contributed by atoms with Crippen LogP contribution in [-0.2, 0) is 0 Å². The Hall–Kier alpha value is -1.53. The third-order valence-corrected chi connectivity index (χ3v) is 3.56. The number of rotatable bonds is 2. The van der Waals surface area contributed by atoms with Gasteiger partial charge in [-0.3, -0.25) is 0 Å². The molecule has 0 atom stereocenters. The molecule has 0 bridgehead atoms. The van der Waals surface area contributed by atoms with Gasteiger partial charge in [0.2, 0.25) is 0 Å². The van der Waals surface area contributed by atoms with Crippen molar-refractivity contribution in [2.75, 3.05) is 0 Å². The number of hydrogen-bond acceptors (Lipinski definition) is 3. The fourth-order valence-electron chi connectivity index (χ4n) is 1.61. The van der Waals surface area contributed by atoms with Gasteiger partial charge in [-0.15, -0.1) is 11.3 Å². The molecule has 0 N–H and O–H groups in total. The minimum Gasteiger partial charge on any atom is -0.227 e.